The molecular formula is C36H34ClF3N10O3S. The smallest absolute Gasteiger partial charge is 0.346 e. The van der Waals surface area contributed by atoms with E-state index in [1.54, 1.807) is 17.9 Å². The summed E-state index contributed by atoms with van der Waals surface area (Å²) in [7, 11) is 0. The molecule has 13 nitrogen and oxygen atoms in total. The van der Waals surface area contributed by atoms with Gasteiger partial charge in [0.2, 0.25) is 0 Å². The molecule has 2 N–H and O–H groups in total. The van der Waals surface area contributed by atoms with Crippen molar-refractivity contribution in [2.24, 2.45) is 0 Å². The second-order valence-corrected chi connectivity index (χ2v) is 16.0. The number of benzene rings is 2. The number of carbonyl (C=O) groups excluding carboxylic acids is 1. The molecule has 5 aromatic rings. The summed E-state index contributed by atoms with van der Waals surface area (Å²) in [6.07, 6.45) is 2.88. The van der Waals surface area contributed by atoms with Gasteiger partial charge in [0.15, 0.2) is 5.82 Å². The lowest BCUT2D eigenvalue weighted by molar-refractivity contribution is -0.0354. The van der Waals surface area contributed by atoms with E-state index in [1.807, 2.05) is 11.0 Å². The van der Waals surface area contributed by atoms with Crippen LogP contribution in [0.25, 0.3) is 32.1 Å². The molecule has 7 heterocycles. The predicted molar refractivity (Wildman–Crippen MR) is 196 cm³/mol. The number of nitrogens with zero attached hydrogens (tertiary/aromatic N) is 9. The highest BCUT2D eigenvalue weighted by Gasteiger charge is 2.50. The Hall–Kier alpha value is -4.76. The largest absolute Gasteiger partial charge is 0.461 e. The lowest BCUT2D eigenvalue weighted by atomic mass is 9.95. The van der Waals surface area contributed by atoms with E-state index in [-0.39, 0.29) is 79.5 Å². The fraction of sp³-hybridized carbons (Fsp3) is 0.444. The number of fused-ring (bicyclic) bond motifs is 3. The quantitative estimate of drug-likeness (QED) is 0.234. The number of halogens is 4. The maximum absolute atomic E-state index is 17.2. The van der Waals surface area contributed by atoms with Crippen LogP contribution < -0.4 is 15.4 Å². The first kappa shape index (κ1) is 35.0. The van der Waals surface area contributed by atoms with E-state index in [4.69, 9.17) is 31.8 Å². The molecule has 1 unspecified atom stereocenters. The summed E-state index contributed by atoms with van der Waals surface area (Å²) in [5.41, 5.74) is 4.80. The Morgan fingerprint density at radius 2 is 2.09 bits per heavy atom. The average Bonchev–Trinajstić information content (AvgIpc) is 3.98. The van der Waals surface area contributed by atoms with Crippen molar-refractivity contribution < 1.29 is 27.4 Å². The van der Waals surface area contributed by atoms with Crippen molar-refractivity contribution in [3.63, 3.8) is 0 Å². The third-order valence-corrected chi connectivity index (χ3v) is 12.7. The third kappa shape index (κ3) is 5.44. The van der Waals surface area contributed by atoms with Crippen LogP contribution in [0.1, 0.15) is 37.1 Å². The second kappa shape index (κ2) is 12.9. The van der Waals surface area contributed by atoms with Gasteiger partial charge in [0, 0.05) is 48.9 Å². The Morgan fingerprint density at radius 1 is 1.24 bits per heavy atom. The van der Waals surface area contributed by atoms with E-state index in [0.717, 1.165) is 30.7 Å². The monoisotopic (exact) mass is 778 g/mol. The van der Waals surface area contributed by atoms with Crippen LogP contribution >= 0.6 is 22.9 Å². The standard InChI is InChI=1S/C36H34ClF3N10O3S/c1-19-43-18-50(46-19)34(51)49-9-10-52-16-36(49)6-8-47(15-36)32-22-11-24(37)27(21-3-4-25(39)30-26(21)23(13-41)31(42)54-30)28(40)29(22)44-33(45-32)53-17-35-5-2-7-48(35)14-20(38)12-35/h3-4,11,18,20H,2,5-10,12,14-17,42H2,1H3/t20-,35+,36?/m1/s1. The van der Waals surface area contributed by atoms with Crippen LogP contribution in [-0.2, 0) is 4.74 Å². The fourth-order valence-electron chi connectivity index (χ4n) is 8.84. The molecule has 1 amide bonds. The number of rotatable bonds is 5. The lowest BCUT2D eigenvalue weighted by Gasteiger charge is -2.43. The highest BCUT2D eigenvalue weighted by molar-refractivity contribution is 7.23. The molecule has 3 aromatic heterocycles. The molecule has 4 fully saturated rings. The zero-order valence-corrected chi connectivity index (χ0v) is 30.7. The van der Waals surface area contributed by atoms with Gasteiger partial charge in [0.25, 0.3) is 0 Å². The highest BCUT2D eigenvalue weighted by Crippen LogP contribution is 2.47. The zero-order chi connectivity index (χ0) is 37.5. The molecule has 3 atom stereocenters. The number of ether oxygens (including phenoxy) is 2. The molecule has 0 radical (unpaired) electrons. The van der Waals surface area contributed by atoms with Gasteiger partial charge in [-0.2, -0.15) is 19.9 Å². The number of carbonyl (C=O) groups is 1. The molecule has 4 saturated heterocycles. The molecule has 4 aliphatic heterocycles. The molecule has 0 aliphatic carbocycles. The van der Waals surface area contributed by atoms with Gasteiger partial charge in [-0.25, -0.2) is 22.9 Å². The number of nitriles is 1. The Bertz CT molecular complexity index is 2410. The van der Waals surface area contributed by atoms with Crippen LogP contribution in [0.2, 0.25) is 5.02 Å². The normalized spacial score (nSPS) is 24.3. The van der Waals surface area contributed by atoms with Crippen LogP contribution in [0.4, 0.5) is 28.8 Å². The molecule has 18 heteroatoms. The molecular weight excluding hydrogens is 745 g/mol. The van der Waals surface area contributed by atoms with E-state index in [1.165, 1.54) is 23.1 Å². The van der Waals surface area contributed by atoms with Gasteiger partial charge >= 0.3 is 12.0 Å². The topological polar surface area (TPSA) is 152 Å². The SMILES string of the molecule is Cc1ncn(C(=O)N2CCOCC23CCN(c2nc(OC[C@@]45CCCN4C[C@H](F)C5)nc4c(F)c(-c5ccc(F)c6sc(N)c(C#N)c56)c(Cl)cc24)C3)n1. The van der Waals surface area contributed by atoms with Crippen molar-refractivity contribution in [2.45, 2.75) is 49.9 Å². The van der Waals surface area contributed by atoms with Gasteiger partial charge < -0.3 is 25.0 Å². The van der Waals surface area contributed by atoms with Crippen molar-refractivity contribution in [1.29, 1.82) is 5.26 Å². The Kier molecular flexibility index (Phi) is 8.38. The Labute approximate surface area is 316 Å². The van der Waals surface area contributed by atoms with Crippen molar-refractivity contribution >= 4 is 60.8 Å². The summed E-state index contributed by atoms with van der Waals surface area (Å²) in [5, 5.41) is 14.7. The van der Waals surface area contributed by atoms with Crippen molar-refractivity contribution in [1.82, 2.24) is 34.5 Å². The number of hydrogen-bond donors (Lipinski definition) is 1. The van der Waals surface area contributed by atoms with E-state index in [9.17, 15) is 14.4 Å². The first-order chi connectivity index (χ1) is 26.0. The molecule has 4 aliphatic rings. The molecule has 280 valence electrons. The van der Waals surface area contributed by atoms with Crippen LogP contribution in [0.5, 0.6) is 6.01 Å². The minimum absolute atomic E-state index is 0.0196. The molecule has 0 saturated carbocycles. The Morgan fingerprint density at radius 3 is 2.89 bits per heavy atom. The van der Waals surface area contributed by atoms with Gasteiger partial charge in [-0.1, -0.05) is 17.7 Å². The van der Waals surface area contributed by atoms with E-state index < -0.39 is 28.9 Å². The average molecular weight is 779 g/mol. The molecule has 0 bridgehead atoms. The number of aromatic nitrogens is 5. The number of nitrogens with two attached hydrogens (primary N) is 1. The second-order valence-electron chi connectivity index (χ2n) is 14.5. The van der Waals surface area contributed by atoms with Crippen molar-refractivity contribution in [3.05, 3.63) is 52.6 Å². The number of morpholine rings is 1. The molecule has 2 aromatic carbocycles. The van der Waals surface area contributed by atoms with Crippen molar-refractivity contribution in [3.8, 4) is 23.2 Å². The summed E-state index contributed by atoms with van der Waals surface area (Å²) >= 11 is 7.82. The highest BCUT2D eigenvalue weighted by atomic mass is 35.5. The van der Waals surface area contributed by atoms with Crippen LogP contribution in [0.3, 0.4) is 0 Å². The number of alkyl halides is 1. The van der Waals surface area contributed by atoms with Gasteiger partial charge in [0.05, 0.1) is 39.6 Å². The van der Waals surface area contributed by atoms with Crippen molar-refractivity contribution in [2.75, 3.05) is 63.2 Å². The summed E-state index contributed by atoms with van der Waals surface area (Å²) < 4.78 is 60.5. The number of aryl methyl sites for hydroxylation is 1. The van der Waals surface area contributed by atoms with Crippen LogP contribution in [0.15, 0.2) is 24.5 Å². The molecule has 54 heavy (non-hydrogen) atoms. The maximum atomic E-state index is 17.2. The first-order valence-electron chi connectivity index (χ1n) is 17.7. The molecule has 9 rings (SSSR count). The van der Waals surface area contributed by atoms with Gasteiger partial charge in [-0.3, -0.25) is 4.90 Å². The maximum Gasteiger partial charge on any atom is 0.346 e. The van der Waals surface area contributed by atoms with Crippen LogP contribution in [-0.4, -0.2) is 110 Å². The van der Waals surface area contributed by atoms with E-state index in [2.05, 4.69) is 20.0 Å². The third-order valence-electron chi connectivity index (χ3n) is 11.3. The van der Waals surface area contributed by atoms with E-state index in [0.29, 0.717) is 50.7 Å². The Balaban J connectivity index is 1.16. The minimum atomic E-state index is -0.980. The lowest BCUT2D eigenvalue weighted by Crippen LogP contribution is -2.61. The first-order valence-corrected chi connectivity index (χ1v) is 18.9. The summed E-state index contributed by atoms with van der Waals surface area (Å²) in [6, 6.07) is 5.69. The minimum Gasteiger partial charge on any atom is -0.461 e. The van der Waals surface area contributed by atoms with Gasteiger partial charge in [-0.15, -0.1) is 16.4 Å². The number of nitrogen functional groups attached to an aromatic ring is 1. The van der Waals surface area contributed by atoms with Gasteiger partial charge in [0.1, 0.15) is 53.2 Å². The van der Waals surface area contributed by atoms with Gasteiger partial charge in [-0.05, 0) is 50.4 Å². The fourth-order valence-corrected chi connectivity index (χ4v) is 10.1. The van der Waals surface area contributed by atoms with E-state index >= 15 is 8.78 Å². The summed E-state index contributed by atoms with van der Waals surface area (Å²) in [6.45, 7) is 4.51. The molecule has 1 spiro atoms. The number of thiophene rings is 1. The number of anilines is 2. The summed E-state index contributed by atoms with van der Waals surface area (Å²) in [5.74, 6) is -0.643. The number of amides is 1. The number of hydrogen-bond acceptors (Lipinski definition) is 12. The predicted octanol–water partition coefficient (Wildman–Crippen LogP) is 5.70. The van der Waals surface area contributed by atoms with Crippen LogP contribution in [0, 0.1) is 29.9 Å². The summed E-state index contributed by atoms with van der Waals surface area (Å²) in [4.78, 5) is 33.1. The zero-order valence-electron chi connectivity index (χ0n) is 29.1.